The van der Waals surface area contributed by atoms with Gasteiger partial charge in [0.05, 0.1) is 5.69 Å². The number of aliphatic hydroxyl groups excluding tert-OH is 1. The van der Waals surface area contributed by atoms with Crippen LogP contribution >= 0.6 is 0 Å². The normalized spacial score (nSPS) is 9.42. The summed E-state index contributed by atoms with van der Waals surface area (Å²) in [5.74, 6) is -0.0342. The highest BCUT2D eigenvalue weighted by Gasteiger charge is 2.02. The molecular weight excluding hydrogens is 150 g/mol. The Hall–Kier alpha value is -1.57. The lowest BCUT2D eigenvalue weighted by molar-refractivity contribution is 0.440. The summed E-state index contributed by atoms with van der Waals surface area (Å²) in [5.41, 5.74) is 2.23. The maximum absolute atomic E-state index is 9.03. The molecular formula is C10H11NO. The van der Waals surface area contributed by atoms with Crippen LogP contribution in [0.5, 0.6) is 0 Å². The molecule has 0 fully saturated rings. The Morgan fingerprint density at radius 3 is 2.67 bits per heavy atom. The van der Waals surface area contributed by atoms with Gasteiger partial charge in [-0.05, 0) is 24.6 Å². The molecule has 0 bridgehead atoms. The minimum Gasteiger partial charge on any atom is -0.508 e. The van der Waals surface area contributed by atoms with Crippen molar-refractivity contribution < 1.29 is 5.11 Å². The maximum atomic E-state index is 9.03. The van der Waals surface area contributed by atoms with E-state index in [0.29, 0.717) is 11.3 Å². The number of hydrogen-bond acceptors (Lipinski definition) is 2. The molecule has 0 aliphatic heterocycles. The van der Waals surface area contributed by atoms with E-state index in [1.165, 1.54) is 0 Å². The number of pyridine rings is 1. The van der Waals surface area contributed by atoms with Gasteiger partial charge in [0.1, 0.15) is 5.76 Å². The lowest BCUT2D eigenvalue weighted by Gasteiger charge is -2.02. The maximum Gasteiger partial charge on any atom is 0.117 e. The second kappa shape index (κ2) is 3.22. The van der Waals surface area contributed by atoms with Gasteiger partial charge in [0.15, 0.2) is 0 Å². The van der Waals surface area contributed by atoms with Crippen LogP contribution in [0.1, 0.15) is 11.3 Å². The molecule has 0 spiro atoms. The van der Waals surface area contributed by atoms with E-state index in [1.807, 2.05) is 19.1 Å². The van der Waals surface area contributed by atoms with Crippen molar-refractivity contribution in [1.29, 1.82) is 0 Å². The molecule has 1 N–H and O–H groups in total. The van der Waals surface area contributed by atoms with Gasteiger partial charge in [-0.3, -0.25) is 4.98 Å². The standard InChI is InChI=1S/C10H11NO/c1-7-4-5-11-10(6-7)8(2)9(3)12/h4-6,12H,2-3H2,1H3. The molecule has 0 aliphatic carbocycles. The third-order valence-electron chi connectivity index (χ3n) is 1.57. The van der Waals surface area contributed by atoms with Gasteiger partial charge in [0, 0.05) is 11.8 Å². The second-order valence-corrected chi connectivity index (χ2v) is 2.64. The van der Waals surface area contributed by atoms with Gasteiger partial charge in [0.2, 0.25) is 0 Å². The van der Waals surface area contributed by atoms with E-state index < -0.39 is 0 Å². The Kier molecular flexibility index (Phi) is 2.29. The zero-order chi connectivity index (χ0) is 9.14. The van der Waals surface area contributed by atoms with E-state index in [0.717, 1.165) is 5.56 Å². The molecule has 1 heterocycles. The lowest BCUT2D eigenvalue weighted by atomic mass is 10.1. The minimum absolute atomic E-state index is 0.0342. The molecule has 0 aliphatic rings. The van der Waals surface area contributed by atoms with Gasteiger partial charge in [-0.2, -0.15) is 0 Å². The molecule has 0 unspecified atom stereocenters. The zero-order valence-corrected chi connectivity index (χ0v) is 7.04. The molecule has 1 rings (SSSR count). The molecule has 1 aromatic rings. The van der Waals surface area contributed by atoms with Crippen LogP contribution in [0.4, 0.5) is 0 Å². The van der Waals surface area contributed by atoms with Crippen LogP contribution < -0.4 is 0 Å². The van der Waals surface area contributed by atoms with Crippen molar-refractivity contribution in [3.05, 3.63) is 48.5 Å². The second-order valence-electron chi connectivity index (χ2n) is 2.64. The number of allylic oxidation sites excluding steroid dienone is 1. The fraction of sp³-hybridized carbons (Fsp3) is 0.100. The van der Waals surface area contributed by atoms with Gasteiger partial charge >= 0.3 is 0 Å². The van der Waals surface area contributed by atoms with Crippen LogP contribution in [0.15, 0.2) is 37.2 Å². The quantitative estimate of drug-likeness (QED) is 0.534. The van der Waals surface area contributed by atoms with Crippen LogP contribution in [-0.2, 0) is 0 Å². The summed E-state index contributed by atoms with van der Waals surface area (Å²) in [6.07, 6.45) is 1.68. The Morgan fingerprint density at radius 2 is 2.17 bits per heavy atom. The summed E-state index contributed by atoms with van der Waals surface area (Å²) in [4.78, 5) is 4.04. The smallest absolute Gasteiger partial charge is 0.117 e. The third kappa shape index (κ3) is 1.72. The minimum atomic E-state index is -0.0342. The van der Waals surface area contributed by atoms with Crippen LogP contribution in [0.2, 0.25) is 0 Å². The Morgan fingerprint density at radius 1 is 1.50 bits per heavy atom. The van der Waals surface area contributed by atoms with E-state index in [-0.39, 0.29) is 5.76 Å². The number of rotatable bonds is 2. The number of aryl methyl sites for hydroxylation is 1. The summed E-state index contributed by atoms with van der Waals surface area (Å²) in [6, 6.07) is 3.74. The van der Waals surface area contributed by atoms with Crippen LogP contribution in [0, 0.1) is 6.92 Å². The highest BCUT2D eigenvalue weighted by molar-refractivity contribution is 5.71. The highest BCUT2D eigenvalue weighted by Crippen LogP contribution is 2.15. The lowest BCUT2D eigenvalue weighted by Crippen LogP contribution is -1.90. The first-order valence-electron chi connectivity index (χ1n) is 3.61. The number of nitrogens with zero attached hydrogens (tertiary/aromatic N) is 1. The first kappa shape index (κ1) is 8.53. The molecule has 2 nitrogen and oxygen atoms in total. The Balaban J connectivity index is 3.04. The molecule has 12 heavy (non-hydrogen) atoms. The molecule has 0 saturated heterocycles. The van der Waals surface area contributed by atoms with E-state index in [2.05, 4.69) is 18.1 Å². The van der Waals surface area contributed by atoms with Crippen LogP contribution in [-0.4, -0.2) is 10.1 Å². The zero-order valence-electron chi connectivity index (χ0n) is 7.04. The number of aliphatic hydroxyl groups is 1. The largest absolute Gasteiger partial charge is 0.508 e. The monoisotopic (exact) mass is 161 g/mol. The molecule has 0 radical (unpaired) electrons. The SMILES string of the molecule is C=C(O)C(=C)c1cc(C)ccn1. The molecule has 0 saturated carbocycles. The summed E-state index contributed by atoms with van der Waals surface area (Å²) in [7, 11) is 0. The van der Waals surface area contributed by atoms with Gasteiger partial charge < -0.3 is 5.11 Å². The molecule has 0 aromatic carbocycles. The van der Waals surface area contributed by atoms with Gasteiger partial charge in [-0.1, -0.05) is 13.2 Å². The molecule has 62 valence electrons. The van der Waals surface area contributed by atoms with Crippen molar-refractivity contribution >= 4 is 5.57 Å². The van der Waals surface area contributed by atoms with Crippen LogP contribution in [0.25, 0.3) is 5.57 Å². The van der Waals surface area contributed by atoms with E-state index in [1.54, 1.807) is 6.20 Å². The van der Waals surface area contributed by atoms with Crippen molar-refractivity contribution in [2.45, 2.75) is 6.92 Å². The Bertz CT molecular complexity index is 328. The van der Waals surface area contributed by atoms with Crippen molar-refractivity contribution in [2.24, 2.45) is 0 Å². The first-order chi connectivity index (χ1) is 5.61. The molecule has 0 amide bonds. The summed E-state index contributed by atoms with van der Waals surface area (Å²) in [5, 5.41) is 9.03. The van der Waals surface area contributed by atoms with E-state index in [9.17, 15) is 0 Å². The average molecular weight is 161 g/mol. The predicted octanol–water partition coefficient (Wildman–Crippen LogP) is 2.47. The average Bonchev–Trinajstić information content (AvgIpc) is 2.03. The Labute approximate surface area is 71.9 Å². The van der Waals surface area contributed by atoms with E-state index >= 15 is 0 Å². The van der Waals surface area contributed by atoms with E-state index in [4.69, 9.17) is 5.11 Å². The summed E-state index contributed by atoms with van der Waals surface area (Å²) in [6.45, 7) is 8.99. The third-order valence-corrected chi connectivity index (χ3v) is 1.57. The van der Waals surface area contributed by atoms with Crippen LogP contribution in [0.3, 0.4) is 0 Å². The van der Waals surface area contributed by atoms with Crippen molar-refractivity contribution in [2.75, 3.05) is 0 Å². The van der Waals surface area contributed by atoms with Gasteiger partial charge in [-0.15, -0.1) is 0 Å². The number of aromatic nitrogens is 1. The molecule has 0 atom stereocenters. The van der Waals surface area contributed by atoms with Crippen molar-refractivity contribution in [3.63, 3.8) is 0 Å². The molecule has 1 aromatic heterocycles. The summed E-state index contributed by atoms with van der Waals surface area (Å²) < 4.78 is 0. The summed E-state index contributed by atoms with van der Waals surface area (Å²) >= 11 is 0. The first-order valence-corrected chi connectivity index (χ1v) is 3.61. The van der Waals surface area contributed by atoms with Crippen molar-refractivity contribution in [1.82, 2.24) is 4.98 Å². The fourth-order valence-corrected chi connectivity index (χ4v) is 0.849. The van der Waals surface area contributed by atoms with Gasteiger partial charge in [0.25, 0.3) is 0 Å². The number of hydrogen-bond donors (Lipinski definition) is 1. The fourth-order valence-electron chi connectivity index (χ4n) is 0.849. The van der Waals surface area contributed by atoms with Crippen molar-refractivity contribution in [3.8, 4) is 0 Å². The molecule has 2 heteroatoms. The topological polar surface area (TPSA) is 33.1 Å². The van der Waals surface area contributed by atoms with Gasteiger partial charge in [-0.25, -0.2) is 0 Å². The highest BCUT2D eigenvalue weighted by atomic mass is 16.3. The predicted molar refractivity (Wildman–Crippen MR) is 49.8 cm³/mol.